The molecule has 0 fully saturated rings. The first-order chi connectivity index (χ1) is 8.58. The first-order valence-corrected chi connectivity index (χ1v) is 5.00. The second-order valence-electron chi connectivity index (χ2n) is 3.53. The summed E-state index contributed by atoms with van der Waals surface area (Å²) in [7, 11) is 0. The number of nitrogens with two attached hydrogens (primary N) is 1. The lowest BCUT2D eigenvalue weighted by molar-refractivity contribution is 0.0949. The molecular weight excluding hydrogens is 244 g/mol. The van der Waals surface area contributed by atoms with Crippen molar-refractivity contribution in [3.8, 4) is 0 Å². The Morgan fingerprint density at radius 2 is 2.06 bits per heavy atom. The molecule has 18 heavy (non-hydrogen) atoms. The van der Waals surface area contributed by atoms with Gasteiger partial charge in [-0.1, -0.05) is 5.16 Å². The van der Waals surface area contributed by atoms with Gasteiger partial charge in [-0.2, -0.15) is 0 Å². The van der Waals surface area contributed by atoms with Gasteiger partial charge in [0.05, 0.1) is 6.54 Å². The zero-order chi connectivity index (χ0) is 13.1. The van der Waals surface area contributed by atoms with Gasteiger partial charge in [-0.25, -0.2) is 8.78 Å². The first-order valence-electron chi connectivity index (χ1n) is 5.00. The minimum atomic E-state index is -0.971. The summed E-state index contributed by atoms with van der Waals surface area (Å²) in [5.41, 5.74) is 4.84. The molecule has 1 aromatic carbocycles. The molecular formula is C11H9F2N3O2. The smallest absolute Gasteiger partial charge is 0.251 e. The number of hydrogen-bond donors (Lipinski definition) is 2. The van der Waals surface area contributed by atoms with E-state index in [4.69, 9.17) is 5.73 Å². The Kier molecular flexibility index (Phi) is 3.22. The third-order valence-electron chi connectivity index (χ3n) is 2.26. The molecule has 5 nitrogen and oxygen atoms in total. The summed E-state index contributed by atoms with van der Waals surface area (Å²) >= 11 is 0. The Hall–Kier alpha value is -2.44. The predicted molar refractivity (Wildman–Crippen MR) is 58.4 cm³/mol. The van der Waals surface area contributed by atoms with Gasteiger partial charge in [0.25, 0.3) is 5.91 Å². The average molecular weight is 253 g/mol. The average Bonchev–Trinajstić information content (AvgIpc) is 2.85. The highest BCUT2D eigenvalue weighted by Gasteiger charge is 2.13. The van der Waals surface area contributed by atoms with Gasteiger partial charge in [0, 0.05) is 11.6 Å². The SMILES string of the molecule is Nc1c(F)cc(C(=O)NCc2ccon2)cc1F. The summed E-state index contributed by atoms with van der Waals surface area (Å²) in [4.78, 5) is 11.6. The molecule has 0 saturated carbocycles. The molecule has 0 aliphatic heterocycles. The molecule has 2 aromatic rings. The molecule has 0 aliphatic rings. The van der Waals surface area contributed by atoms with E-state index < -0.39 is 23.2 Å². The van der Waals surface area contributed by atoms with Gasteiger partial charge in [-0.05, 0) is 12.1 Å². The minimum Gasteiger partial charge on any atom is -0.394 e. The Bertz CT molecular complexity index is 547. The largest absolute Gasteiger partial charge is 0.394 e. The maximum Gasteiger partial charge on any atom is 0.251 e. The standard InChI is InChI=1S/C11H9F2N3O2/c12-8-3-6(4-9(13)10(8)14)11(17)15-5-7-1-2-18-16-7/h1-4H,5,14H2,(H,15,17). The van der Waals surface area contributed by atoms with Crippen LogP contribution < -0.4 is 11.1 Å². The number of nitrogen functional groups attached to an aromatic ring is 1. The molecule has 0 radical (unpaired) electrons. The first kappa shape index (κ1) is 12.0. The Morgan fingerprint density at radius 1 is 1.39 bits per heavy atom. The lowest BCUT2D eigenvalue weighted by atomic mass is 10.1. The monoisotopic (exact) mass is 253 g/mol. The third-order valence-corrected chi connectivity index (χ3v) is 2.26. The molecule has 2 rings (SSSR count). The molecule has 7 heteroatoms. The van der Waals surface area contributed by atoms with Crippen LogP contribution in [0.5, 0.6) is 0 Å². The van der Waals surface area contributed by atoms with Crippen LogP contribution in [0.2, 0.25) is 0 Å². The highest BCUT2D eigenvalue weighted by molar-refractivity contribution is 5.94. The fourth-order valence-electron chi connectivity index (χ4n) is 1.32. The lowest BCUT2D eigenvalue weighted by Gasteiger charge is -2.05. The second kappa shape index (κ2) is 4.82. The van der Waals surface area contributed by atoms with Crippen LogP contribution in [-0.4, -0.2) is 11.1 Å². The van der Waals surface area contributed by atoms with Crippen molar-refractivity contribution in [3.05, 3.63) is 47.4 Å². The number of nitrogens with zero attached hydrogens (tertiary/aromatic N) is 1. The molecule has 0 unspecified atom stereocenters. The number of carbonyl (C=O) groups excluding carboxylic acids is 1. The summed E-state index contributed by atoms with van der Waals surface area (Å²) < 4.78 is 30.9. The van der Waals surface area contributed by atoms with Gasteiger partial charge < -0.3 is 15.6 Å². The molecule has 1 heterocycles. The van der Waals surface area contributed by atoms with Crippen molar-refractivity contribution < 1.29 is 18.1 Å². The van der Waals surface area contributed by atoms with E-state index in [1.165, 1.54) is 6.26 Å². The van der Waals surface area contributed by atoms with Crippen molar-refractivity contribution in [1.29, 1.82) is 0 Å². The number of aromatic nitrogens is 1. The van der Waals surface area contributed by atoms with Crippen molar-refractivity contribution in [2.24, 2.45) is 0 Å². The number of halogens is 2. The quantitative estimate of drug-likeness (QED) is 0.811. The van der Waals surface area contributed by atoms with Crippen LogP contribution in [0.25, 0.3) is 0 Å². The molecule has 0 bridgehead atoms. The number of hydrogen-bond acceptors (Lipinski definition) is 4. The van der Waals surface area contributed by atoms with E-state index in [1.54, 1.807) is 6.07 Å². The van der Waals surface area contributed by atoms with E-state index in [2.05, 4.69) is 15.0 Å². The molecule has 3 N–H and O–H groups in total. The van der Waals surface area contributed by atoms with Gasteiger partial charge in [-0.15, -0.1) is 0 Å². The van der Waals surface area contributed by atoms with Crippen LogP contribution in [0.4, 0.5) is 14.5 Å². The van der Waals surface area contributed by atoms with E-state index in [-0.39, 0.29) is 12.1 Å². The van der Waals surface area contributed by atoms with Gasteiger partial charge in [0.15, 0.2) is 0 Å². The molecule has 1 amide bonds. The topological polar surface area (TPSA) is 81.2 Å². The summed E-state index contributed by atoms with van der Waals surface area (Å²) in [6.07, 6.45) is 1.35. The summed E-state index contributed by atoms with van der Waals surface area (Å²) in [6, 6.07) is 3.30. The van der Waals surface area contributed by atoms with Crippen molar-refractivity contribution in [3.63, 3.8) is 0 Å². The summed E-state index contributed by atoms with van der Waals surface area (Å²) in [5, 5.41) is 6.01. The van der Waals surface area contributed by atoms with Crippen molar-refractivity contribution in [2.75, 3.05) is 5.73 Å². The maximum atomic E-state index is 13.1. The molecule has 0 aliphatic carbocycles. The second-order valence-corrected chi connectivity index (χ2v) is 3.53. The van der Waals surface area contributed by atoms with Crippen LogP contribution in [-0.2, 0) is 6.54 Å². The van der Waals surface area contributed by atoms with E-state index in [0.29, 0.717) is 5.69 Å². The number of anilines is 1. The van der Waals surface area contributed by atoms with Crippen molar-refractivity contribution in [2.45, 2.75) is 6.54 Å². The normalized spacial score (nSPS) is 10.3. The summed E-state index contributed by atoms with van der Waals surface area (Å²) in [5.74, 6) is -2.57. The van der Waals surface area contributed by atoms with Crippen LogP contribution in [0, 0.1) is 11.6 Å². The van der Waals surface area contributed by atoms with Gasteiger partial charge >= 0.3 is 0 Å². The molecule has 1 aromatic heterocycles. The van der Waals surface area contributed by atoms with E-state index in [9.17, 15) is 13.6 Å². The zero-order valence-electron chi connectivity index (χ0n) is 9.11. The van der Waals surface area contributed by atoms with Gasteiger partial charge in [0.1, 0.15) is 29.3 Å². The Labute approximate surface area is 101 Å². The summed E-state index contributed by atoms with van der Waals surface area (Å²) in [6.45, 7) is 0.100. The molecule has 0 saturated heterocycles. The highest BCUT2D eigenvalue weighted by Crippen LogP contribution is 2.17. The Morgan fingerprint density at radius 3 is 2.61 bits per heavy atom. The zero-order valence-corrected chi connectivity index (χ0v) is 9.11. The molecule has 0 atom stereocenters. The lowest BCUT2D eigenvalue weighted by Crippen LogP contribution is -2.23. The van der Waals surface area contributed by atoms with Crippen LogP contribution in [0.15, 0.2) is 29.0 Å². The number of rotatable bonds is 3. The molecule has 94 valence electrons. The number of nitrogens with one attached hydrogen (secondary N) is 1. The fraction of sp³-hybridized carbons (Fsp3) is 0.0909. The number of carbonyl (C=O) groups is 1. The van der Waals surface area contributed by atoms with E-state index in [0.717, 1.165) is 12.1 Å². The van der Waals surface area contributed by atoms with Crippen LogP contribution >= 0.6 is 0 Å². The number of benzene rings is 1. The van der Waals surface area contributed by atoms with Crippen molar-refractivity contribution in [1.82, 2.24) is 10.5 Å². The van der Waals surface area contributed by atoms with Gasteiger partial charge in [0.2, 0.25) is 0 Å². The van der Waals surface area contributed by atoms with Gasteiger partial charge in [-0.3, -0.25) is 4.79 Å². The third kappa shape index (κ3) is 2.45. The fourth-order valence-corrected chi connectivity index (χ4v) is 1.32. The highest BCUT2D eigenvalue weighted by atomic mass is 19.1. The minimum absolute atomic E-state index is 0.100. The van der Waals surface area contributed by atoms with E-state index >= 15 is 0 Å². The number of amides is 1. The Balaban J connectivity index is 2.09. The van der Waals surface area contributed by atoms with Crippen LogP contribution in [0.1, 0.15) is 16.1 Å². The van der Waals surface area contributed by atoms with Crippen molar-refractivity contribution >= 4 is 11.6 Å². The van der Waals surface area contributed by atoms with Crippen LogP contribution in [0.3, 0.4) is 0 Å². The maximum absolute atomic E-state index is 13.1. The van der Waals surface area contributed by atoms with E-state index in [1.807, 2.05) is 0 Å². The predicted octanol–water partition coefficient (Wildman–Crippen LogP) is 1.47. The molecule has 0 spiro atoms.